The Morgan fingerprint density at radius 2 is 1.68 bits per heavy atom. The zero-order valence-electron chi connectivity index (χ0n) is 14.4. The Morgan fingerprint density at radius 3 is 2.20 bits per heavy atom. The first kappa shape index (κ1) is 16.3. The average molecular weight is 340 g/mol. The number of benzene rings is 2. The van der Waals surface area contributed by atoms with Crippen LogP contribution in [0.3, 0.4) is 0 Å². The summed E-state index contributed by atoms with van der Waals surface area (Å²) in [7, 11) is 0. The van der Waals surface area contributed by atoms with Gasteiger partial charge in [-0.3, -0.25) is 5.41 Å². The van der Waals surface area contributed by atoms with Gasteiger partial charge in [0.1, 0.15) is 11.9 Å². The molecule has 2 aromatic rings. The highest BCUT2D eigenvalue weighted by atomic mass is 16.2. The van der Waals surface area contributed by atoms with E-state index in [1.165, 1.54) is 6.07 Å². The molecule has 0 heterocycles. The first-order valence-electron chi connectivity index (χ1n) is 7.91. The van der Waals surface area contributed by atoms with E-state index in [1.54, 1.807) is 48.5 Å². The monoisotopic (exact) mass is 340 g/mol. The Bertz CT molecular complexity index is 836. The van der Waals surface area contributed by atoms with Crippen LogP contribution in [0.2, 0.25) is 0 Å². The van der Waals surface area contributed by atoms with Gasteiger partial charge in [0, 0.05) is 0 Å². The standard InChI is InChI=1S/C17H21N7O/c18-14(19)17(24-16(22)25,12-9-5-2-6-10-12)13(23-15(20)21)11-7-3-1-4-8-11/h1-10,13H,(H3,18,19)(H4,20,21,23)(H3,22,24,25)/i9D. The summed E-state index contributed by atoms with van der Waals surface area (Å²) in [5, 5.41) is 10.7. The number of primary amides is 1. The molecule has 2 aromatic carbocycles. The van der Waals surface area contributed by atoms with Crippen LogP contribution in [-0.4, -0.2) is 17.8 Å². The Hall–Kier alpha value is -3.55. The first-order valence-corrected chi connectivity index (χ1v) is 7.41. The van der Waals surface area contributed by atoms with Crippen molar-refractivity contribution in [1.29, 1.82) is 5.41 Å². The number of hydrogen-bond donors (Lipinski definition) is 6. The fourth-order valence-corrected chi connectivity index (χ4v) is 2.68. The van der Waals surface area contributed by atoms with E-state index < -0.39 is 23.4 Å². The summed E-state index contributed by atoms with van der Waals surface area (Å²) in [6.07, 6.45) is 0. The fraction of sp³-hybridized carbons (Fsp3) is 0.118. The fourth-order valence-electron chi connectivity index (χ4n) is 2.68. The normalized spacial score (nSPS) is 14.5. The third-order valence-corrected chi connectivity index (χ3v) is 3.68. The number of urea groups is 1. The van der Waals surface area contributed by atoms with Crippen LogP contribution in [0.5, 0.6) is 0 Å². The van der Waals surface area contributed by atoms with Crippen LogP contribution in [-0.2, 0) is 5.54 Å². The minimum Gasteiger partial charge on any atom is -0.385 e. The average Bonchev–Trinajstić information content (AvgIpc) is 2.58. The highest BCUT2D eigenvalue weighted by molar-refractivity contribution is 5.94. The van der Waals surface area contributed by atoms with E-state index in [9.17, 15) is 4.79 Å². The minimum absolute atomic E-state index is 0.0446. The van der Waals surface area contributed by atoms with Gasteiger partial charge in [0.15, 0.2) is 11.5 Å². The predicted octanol–water partition coefficient (Wildman–Crippen LogP) is 0.501. The second-order valence-electron chi connectivity index (χ2n) is 5.35. The molecule has 0 spiro atoms. The van der Waals surface area contributed by atoms with Crippen LogP contribution in [0.15, 0.2) is 65.6 Å². The largest absolute Gasteiger partial charge is 0.385 e. The number of hydrogen-bond acceptors (Lipinski definition) is 3. The van der Waals surface area contributed by atoms with Gasteiger partial charge in [0.2, 0.25) is 0 Å². The van der Waals surface area contributed by atoms with Crippen molar-refractivity contribution in [1.82, 2.24) is 5.32 Å². The van der Waals surface area contributed by atoms with Gasteiger partial charge in [-0.05, 0) is 11.1 Å². The molecule has 10 N–H and O–H groups in total. The van der Waals surface area contributed by atoms with Crippen molar-refractivity contribution >= 4 is 17.8 Å². The van der Waals surface area contributed by atoms with Gasteiger partial charge in [-0.1, -0.05) is 60.6 Å². The highest BCUT2D eigenvalue weighted by Crippen LogP contribution is 2.38. The molecule has 0 aliphatic heterocycles. The molecule has 25 heavy (non-hydrogen) atoms. The van der Waals surface area contributed by atoms with E-state index in [4.69, 9.17) is 29.7 Å². The molecule has 130 valence electrons. The Kier molecular flexibility index (Phi) is 4.79. The molecule has 0 aliphatic carbocycles. The molecule has 0 radical (unpaired) electrons. The summed E-state index contributed by atoms with van der Waals surface area (Å²) in [5.74, 6) is -0.729. The summed E-state index contributed by atoms with van der Waals surface area (Å²) < 4.78 is 8.25. The van der Waals surface area contributed by atoms with Crippen LogP contribution in [0, 0.1) is 5.41 Å². The maximum absolute atomic E-state index is 11.8. The number of guanidine groups is 1. The summed E-state index contributed by atoms with van der Waals surface area (Å²) in [4.78, 5) is 16.0. The molecule has 8 nitrogen and oxygen atoms in total. The van der Waals surface area contributed by atoms with Gasteiger partial charge in [-0.25, -0.2) is 9.79 Å². The molecule has 2 amide bonds. The van der Waals surface area contributed by atoms with Crippen LogP contribution in [0.1, 0.15) is 18.5 Å². The van der Waals surface area contributed by atoms with Gasteiger partial charge in [0.05, 0.1) is 1.37 Å². The lowest BCUT2D eigenvalue weighted by atomic mass is 9.78. The summed E-state index contributed by atoms with van der Waals surface area (Å²) in [6, 6.07) is 13.2. The minimum atomic E-state index is -1.74. The predicted molar refractivity (Wildman–Crippen MR) is 97.7 cm³/mol. The molecular formula is C17H21N7O. The molecule has 0 aliphatic rings. The molecule has 0 fully saturated rings. The first-order chi connectivity index (χ1) is 12.3. The second kappa shape index (κ2) is 7.35. The number of aliphatic imine (C=N–C) groups is 1. The molecule has 2 rings (SSSR count). The van der Waals surface area contributed by atoms with Crippen LogP contribution < -0.4 is 28.3 Å². The topological polar surface area (TPSA) is 169 Å². The number of amides is 2. The van der Waals surface area contributed by atoms with Gasteiger partial charge >= 0.3 is 6.03 Å². The molecule has 0 saturated carbocycles. The Morgan fingerprint density at radius 1 is 1.08 bits per heavy atom. The van der Waals surface area contributed by atoms with Crippen molar-refractivity contribution in [3.8, 4) is 0 Å². The van der Waals surface area contributed by atoms with Gasteiger partial charge in [-0.2, -0.15) is 0 Å². The summed E-state index contributed by atoms with van der Waals surface area (Å²) in [5.41, 5.74) is 21.6. The zero-order valence-corrected chi connectivity index (χ0v) is 13.4. The molecule has 2 atom stereocenters. The van der Waals surface area contributed by atoms with Crippen molar-refractivity contribution < 1.29 is 6.17 Å². The zero-order chi connectivity index (χ0) is 19.3. The van der Waals surface area contributed by atoms with Crippen molar-refractivity contribution in [3.63, 3.8) is 0 Å². The number of nitrogens with one attached hydrogen (secondary N) is 2. The number of carbonyl (C=O) groups is 1. The second-order valence-corrected chi connectivity index (χ2v) is 5.35. The van der Waals surface area contributed by atoms with Crippen molar-refractivity contribution in [2.75, 3.05) is 0 Å². The summed E-state index contributed by atoms with van der Waals surface area (Å²) in [6.45, 7) is 0. The number of rotatable bonds is 6. The van der Waals surface area contributed by atoms with Gasteiger partial charge < -0.3 is 28.3 Å². The third kappa shape index (κ3) is 3.69. The number of nitrogens with zero attached hydrogens (tertiary/aromatic N) is 1. The van der Waals surface area contributed by atoms with E-state index in [0.717, 1.165) is 0 Å². The maximum Gasteiger partial charge on any atom is 0.313 e. The lowest BCUT2D eigenvalue weighted by molar-refractivity contribution is 0.237. The smallest absolute Gasteiger partial charge is 0.313 e. The number of nitrogens with two attached hydrogens (primary N) is 4. The molecular weight excluding hydrogens is 318 g/mol. The quantitative estimate of drug-likeness (QED) is 0.332. The lowest BCUT2D eigenvalue weighted by Gasteiger charge is -2.38. The lowest BCUT2D eigenvalue weighted by Crippen LogP contribution is -2.59. The number of carbonyl (C=O) groups excluding carboxylic acids is 1. The highest BCUT2D eigenvalue weighted by Gasteiger charge is 2.46. The van der Waals surface area contributed by atoms with Gasteiger partial charge in [-0.15, -0.1) is 0 Å². The van der Waals surface area contributed by atoms with E-state index in [0.29, 0.717) is 5.56 Å². The van der Waals surface area contributed by atoms with Gasteiger partial charge in [0.25, 0.3) is 0 Å². The van der Waals surface area contributed by atoms with E-state index in [2.05, 4.69) is 10.3 Å². The third-order valence-electron chi connectivity index (χ3n) is 3.68. The van der Waals surface area contributed by atoms with Crippen molar-refractivity contribution in [3.05, 3.63) is 71.8 Å². The van der Waals surface area contributed by atoms with Crippen molar-refractivity contribution in [2.45, 2.75) is 11.6 Å². The molecule has 0 saturated heterocycles. The summed E-state index contributed by atoms with van der Waals surface area (Å²) >= 11 is 0. The van der Waals surface area contributed by atoms with E-state index >= 15 is 0 Å². The van der Waals surface area contributed by atoms with E-state index in [-0.39, 0.29) is 17.6 Å². The molecule has 0 aromatic heterocycles. The molecule has 8 heteroatoms. The Labute approximate surface area is 146 Å². The van der Waals surface area contributed by atoms with Crippen LogP contribution in [0.25, 0.3) is 0 Å². The Balaban J connectivity index is 2.87. The SMILES string of the molecule is [2H]c1ccccc1C(NC(N)=O)(C(=N)N)C(N=C(N)N)c1ccccc1. The van der Waals surface area contributed by atoms with Crippen LogP contribution in [0.4, 0.5) is 4.79 Å². The van der Waals surface area contributed by atoms with E-state index in [1.807, 2.05) is 0 Å². The molecule has 0 bridgehead atoms. The van der Waals surface area contributed by atoms with Crippen molar-refractivity contribution in [2.24, 2.45) is 27.9 Å². The molecule has 2 unspecified atom stereocenters. The maximum atomic E-state index is 11.8. The van der Waals surface area contributed by atoms with Crippen LogP contribution >= 0.6 is 0 Å². The number of amidine groups is 1.